The Morgan fingerprint density at radius 2 is 1.91 bits per heavy atom. The Hall–Kier alpha value is -2.17. The molecule has 2 N–H and O–H groups in total. The molecule has 0 aliphatic carbocycles. The van der Waals surface area contributed by atoms with Gasteiger partial charge in [-0.1, -0.05) is 20.8 Å². The standard InChI is InChI=1S/C23H35N5O3.HI/c1-7-24-22(26-14-21-25-13-20(31-21)23(2,3)4)27-16-8-9-28(15-16)17-10-18(29-5)12-19(11-17)30-6;/h10-13,16H,7-9,14-15H2,1-6H3,(H2,24,26,27);1H. The van der Waals surface area contributed by atoms with Gasteiger partial charge in [-0.05, 0) is 13.3 Å². The fourth-order valence-electron chi connectivity index (χ4n) is 3.48. The number of oxazole rings is 1. The lowest BCUT2D eigenvalue weighted by molar-refractivity contribution is 0.383. The Bertz CT molecular complexity index is 872. The number of hydrogen-bond acceptors (Lipinski definition) is 6. The van der Waals surface area contributed by atoms with Crippen LogP contribution in [0.4, 0.5) is 5.69 Å². The molecule has 3 rings (SSSR count). The number of guanidine groups is 1. The molecule has 1 aromatic carbocycles. The molecular weight excluding hydrogens is 521 g/mol. The topological polar surface area (TPSA) is 84.2 Å². The smallest absolute Gasteiger partial charge is 0.216 e. The van der Waals surface area contributed by atoms with Gasteiger partial charge in [0.05, 0.1) is 20.4 Å². The lowest BCUT2D eigenvalue weighted by Gasteiger charge is -2.21. The van der Waals surface area contributed by atoms with Crippen LogP contribution in [0.5, 0.6) is 11.5 Å². The number of benzene rings is 1. The third-order valence-corrected chi connectivity index (χ3v) is 5.24. The number of nitrogens with zero attached hydrogens (tertiary/aromatic N) is 3. The van der Waals surface area contributed by atoms with Crippen LogP contribution in [0.15, 0.2) is 33.8 Å². The lowest BCUT2D eigenvalue weighted by Crippen LogP contribution is -2.44. The quantitative estimate of drug-likeness (QED) is 0.303. The van der Waals surface area contributed by atoms with Gasteiger partial charge in [-0.25, -0.2) is 9.98 Å². The monoisotopic (exact) mass is 557 g/mol. The number of halogens is 1. The maximum atomic E-state index is 5.86. The van der Waals surface area contributed by atoms with Crippen molar-refractivity contribution in [3.8, 4) is 11.5 Å². The van der Waals surface area contributed by atoms with Crippen molar-refractivity contribution in [2.45, 2.75) is 52.1 Å². The number of anilines is 1. The first-order chi connectivity index (χ1) is 14.8. The predicted octanol–water partition coefficient (Wildman–Crippen LogP) is 3.94. The maximum Gasteiger partial charge on any atom is 0.216 e. The number of ether oxygens (including phenoxy) is 2. The molecule has 0 saturated carbocycles. The second-order valence-electron chi connectivity index (χ2n) is 8.71. The van der Waals surface area contributed by atoms with Gasteiger partial charge in [0.15, 0.2) is 5.96 Å². The Kier molecular flexibility index (Phi) is 9.47. The zero-order valence-electron chi connectivity index (χ0n) is 19.9. The molecule has 32 heavy (non-hydrogen) atoms. The average Bonchev–Trinajstić information content (AvgIpc) is 3.41. The Morgan fingerprint density at radius 1 is 1.22 bits per heavy atom. The summed E-state index contributed by atoms with van der Waals surface area (Å²) < 4.78 is 16.7. The maximum absolute atomic E-state index is 5.86. The highest BCUT2D eigenvalue weighted by Gasteiger charge is 2.24. The van der Waals surface area contributed by atoms with Crippen molar-refractivity contribution >= 4 is 35.6 Å². The van der Waals surface area contributed by atoms with Crippen LogP contribution in [-0.4, -0.2) is 50.8 Å². The SMILES string of the molecule is CCNC(=NCc1ncc(C(C)(C)C)o1)NC1CCN(c2cc(OC)cc(OC)c2)C1.I. The molecule has 0 amide bonds. The van der Waals surface area contributed by atoms with Crippen LogP contribution >= 0.6 is 24.0 Å². The third-order valence-electron chi connectivity index (χ3n) is 5.24. The summed E-state index contributed by atoms with van der Waals surface area (Å²) >= 11 is 0. The molecule has 9 heteroatoms. The molecule has 1 fully saturated rings. The third kappa shape index (κ3) is 6.91. The largest absolute Gasteiger partial charge is 0.497 e. The summed E-state index contributed by atoms with van der Waals surface area (Å²) in [4.78, 5) is 11.4. The van der Waals surface area contributed by atoms with Crippen molar-refractivity contribution in [3.05, 3.63) is 36.0 Å². The van der Waals surface area contributed by atoms with Crippen molar-refractivity contribution in [2.75, 3.05) is 38.8 Å². The number of aliphatic imine (C=N–C) groups is 1. The zero-order chi connectivity index (χ0) is 22.4. The van der Waals surface area contributed by atoms with E-state index in [1.54, 1.807) is 20.4 Å². The van der Waals surface area contributed by atoms with Gasteiger partial charge in [-0.15, -0.1) is 24.0 Å². The number of methoxy groups -OCH3 is 2. The first kappa shape index (κ1) is 26.1. The summed E-state index contributed by atoms with van der Waals surface area (Å²) in [5.74, 6) is 3.85. The summed E-state index contributed by atoms with van der Waals surface area (Å²) in [5.41, 5.74) is 1.03. The van der Waals surface area contributed by atoms with Gasteiger partial charge in [-0.2, -0.15) is 0 Å². The molecular formula is C23H36IN5O3. The van der Waals surface area contributed by atoms with Crippen molar-refractivity contribution in [3.63, 3.8) is 0 Å². The van der Waals surface area contributed by atoms with Crippen LogP contribution in [0.2, 0.25) is 0 Å². The van der Waals surface area contributed by atoms with Gasteiger partial charge in [0, 0.05) is 55.0 Å². The van der Waals surface area contributed by atoms with Crippen LogP contribution in [0.25, 0.3) is 0 Å². The van der Waals surface area contributed by atoms with Crippen molar-refractivity contribution in [2.24, 2.45) is 4.99 Å². The molecule has 1 unspecified atom stereocenters. The molecule has 0 radical (unpaired) electrons. The van der Waals surface area contributed by atoms with Crippen LogP contribution in [0, 0.1) is 0 Å². The lowest BCUT2D eigenvalue weighted by atomic mass is 9.94. The Labute approximate surface area is 208 Å². The Morgan fingerprint density at radius 3 is 2.47 bits per heavy atom. The van der Waals surface area contributed by atoms with Gasteiger partial charge >= 0.3 is 0 Å². The molecule has 1 aromatic heterocycles. The van der Waals surface area contributed by atoms with E-state index < -0.39 is 0 Å². The number of hydrogen-bond donors (Lipinski definition) is 2. The highest BCUT2D eigenvalue weighted by molar-refractivity contribution is 14.0. The second-order valence-corrected chi connectivity index (χ2v) is 8.71. The highest BCUT2D eigenvalue weighted by atomic mass is 127. The number of aromatic nitrogens is 1. The predicted molar refractivity (Wildman–Crippen MR) is 139 cm³/mol. The fourth-order valence-corrected chi connectivity index (χ4v) is 3.48. The van der Waals surface area contributed by atoms with E-state index in [1.807, 2.05) is 18.2 Å². The van der Waals surface area contributed by atoms with Gasteiger partial charge < -0.3 is 29.4 Å². The van der Waals surface area contributed by atoms with E-state index in [1.165, 1.54) is 0 Å². The minimum atomic E-state index is -0.0617. The summed E-state index contributed by atoms with van der Waals surface area (Å²) in [5, 5.41) is 6.87. The van der Waals surface area contributed by atoms with Gasteiger partial charge in [-0.3, -0.25) is 0 Å². The van der Waals surface area contributed by atoms with Crippen molar-refractivity contribution < 1.29 is 13.9 Å². The molecule has 2 heterocycles. The number of rotatable bonds is 7. The Balaban J connectivity index is 0.00000363. The first-order valence-corrected chi connectivity index (χ1v) is 10.8. The summed E-state index contributed by atoms with van der Waals surface area (Å²) in [6, 6.07) is 6.25. The molecule has 8 nitrogen and oxygen atoms in total. The molecule has 1 aliphatic heterocycles. The van der Waals surface area contributed by atoms with Gasteiger partial charge in [0.25, 0.3) is 0 Å². The minimum absolute atomic E-state index is 0. The number of nitrogens with one attached hydrogen (secondary N) is 2. The molecule has 2 aromatic rings. The van der Waals surface area contributed by atoms with Crippen LogP contribution in [0.1, 0.15) is 45.8 Å². The van der Waals surface area contributed by atoms with Gasteiger partial charge in [0.1, 0.15) is 23.8 Å². The van der Waals surface area contributed by atoms with E-state index in [9.17, 15) is 0 Å². The molecule has 0 spiro atoms. The molecule has 178 valence electrons. The fraction of sp³-hybridized carbons (Fsp3) is 0.565. The molecule has 0 bridgehead atoms. The normalized spacial score (nSPS) is 16.5. The van der Waals surface area contributed by atoms with Crippen LogP contribution < -0.4 is 25.0 Å². The minimum Gasteiger partial charge on any atom is -0.497 e. The molecule has 1 atom stereocenters. The van der Waals surface area contributed by atoms with E-state index in [0.717, 1.165) is 55.0 Å². The second kappa shape index (κ2) is 11.6. The van der Waals surface area contributed by atoms with E-state index >= 15 is 0 Å². The highest BCUT2D eigenvalue weighted by Crippen LogP contribution is 2.30. The summed E-state index contributed by atoms with van der Waals surface area (Å²) in [7, 11) is 3.34. The first-order valence-electron chi connectivity index (χ1n) is 10.8. The molecule has 1 aliphatic rings. The van der Waals surface area contributed by atoms with E-state index in [0.29, 0.717) is 12.4 Å². The van der Waals surface area contributed by atoms with Gasteiger partial charge in [0.2, 0.25) is 5.89 Å². The summed E-state index contributed by atoms with van der Waals surface area (Å²) in [6.45, 7) is 11.4. The van der Waals surface area contributed by atoms with E-state index in [4.69, 9.17) is 13.9 Å². The van der Waals surface area contributed by atoms with Crippen molar-refractivity contribution in [1.29, 1.82) is 0 Å². The van der Waals surface area contributed by atoms with E-state index in [2.05, 4.69) is 53.2 Å². The average molecular weight is 557 g/mol. The van der Waals surface area contributed by atoms with Crippen molar-refractivity contribution in [1.82, 2.24) is 15.6 Å². The van der Waals surface area contributed by atoms with E-state index in [-0.39, 0.29) is 35.4 Å². The van der Waals surface area contributed by atoms with Crippen LogP contribution in [0.3, 0.4) is 0 Å². The van der Waals surface area contributed by atoms with Crippen LogP contribution in [-0.2, 0) is 12.0 Å². The molecule has 1 saturated heterocycles. The zero-order valence-corrected chi connectivity index (χ0v) is 22.2. The summed E-state index contributed by atoms with van der Waals surface area (Å²) in [6.07, 6.45) is 2.81.